The lowest BCUT2D eigenvalue weighted by Crippen LogP contribution is -2.53. The van der Waals surface area contributed by atoms with Crippen LogP contribution in [0.15, 0.2) is 78.4 Å². The zero-order valence-corrected chi connectivity index (χ0v) is 23.1. The molecule has 7 atom stereocenters. The molecule has 4 aliphatic rings. The number of allylic oxidation sites excluding steroid dienone is 3. The molecule has 0 radical (unpaired) electrons. The Morgan fingerprint density at radius 3 is 2.24 bits per heavy atom. The number of benzene rings is 2. The van der Waals surface area contributed by atoms with Gasteiger partial charge < -0.3 is 0 Å². The number of hydrogen-bond acceptors (Lipinski definition) is 1. The van der Waals surface area contributed by atoms with Crippen molar-refractivity contribution >= 4 is 11.4 Å². The summed E-state index contributed by atoms with van der Waals surface area (Å²) in [6, 6.07) is 21.8. The molecule has 6 rings (SSSR count). The van der Waals surface area contributed by atoms with Gasteiger partial charge in [0.2, 0.25) is 0 Å². The molecule has 1 heteroatoms. The van der Waals surface area contributed by atoms with E-state index in [0.717, 1.165) is 43.4 Å². The van der Waals surface area contributed by atoms with Gasteiger partial charge in [-0.3, -0.25) is 4.79 Å². The van der Waals surface area contributed by atoms with Gasteiger partial charge in [0, 0.05) is 6.42 Å². The predicted molar refractivity (Wildman–Crippen MR) is 154 cm³/mol. The summed E-state index contributed by atoms with van der Waals surface area (Å²) in [5.74, 6) is 4.09. The Kier molecular flexibility index (Phi) is 6.54. The fourth-order valence-corrected chi connectivity index (χ4v) is 9.65. The van der Waals surface area contributed by atoms with Crippen molar-refractivity contribution in [1.29, 1.82) is 0 Å². The van der Waals surface area contributed by atoms with Crippen molar-refractivity contribution in [3.8, 4) is 0 Å². The molecule has 2 aromatic carbocycles. The van der Waals surface area contributed by atoms with E-state index in [0.29, 0.717) is 23.0 Å². The SMILES string of the molecule is C[C@@H](CC=C(c1ccccc1)c1ccccc1)[C@@H]1CC[C@@H]2[C@H]3CCC4=CCCC(=O)[C@]4(C)[C@@H]3CC[C@]21C. The second-order valence-corrected chi connectivity index (χ2v) is 13.1. The molecule has 0 amide bonds. The van der Waals surface area contributed by atoms with E-state index in [1.54, 1.807) is 0 Å². The number of carbonyl (C=O) groups is 1. The van der Waals surface area contributed by atoms with Gasteiger partial charge in [0.25, 0.3) is 0 Å². The third-order valence-corrected chi connectivity index (χ3v) is 11.6. The maximum atomic E-state index is 13.3. The molecule has 1 nitrogen and oxygen atoms in total. The monoisotopic (exact) mass is 492 g/mol. The number of carbonyl (C=O) groups excluding carboxylic acids is 1. The molecule has 37 heavy (non-hydrogen) atoms. The van der Waals surface area contributed by atoms with Gasteiger partial charge in [-0.05, 0) is 110 Å². The Morgan fingerprint density at radius 1 is 0.892 bits per heavy atom. The molecule has 0 bridgehead atoms. The number of rotatable bonds is 5. The van der Waals surface area contributed by atoms with Crippen molar-refractivity contribution < 1.29 is 4.79 Å². The van der Waals surface area contributed by atoms with Crippen molar-refractivity contribution in [1.82, 2.24) is 0 Å². The summed E-state index contributed by atoms with van der Waals surface area (Å²) in [6.07, 6.45) is 15.6. The highest BCUT2D eigenvalue weighted by Crippen LogP contribution is 2.67. The highest BCUT2D eigenvalue weighted by Gasteiger charge is 2.60. The average molecular weight is 493 g/mol. The van der Waals surface area contributed by atoms with E-state index in [1.165, 1.54) is 54.4 Å². The van der Waals surface area contributed by atoms with Crippen LogP contribution in [0.2, 0.25) is 0 Å². The van der Waals surface area contributed by atoms with E-state index < -0.39 is 0 Å². The fraction of sp³-hybridized carbons (Fsp3) is 0.528. The van der Waals surface area contributed by atoms with E-state index >= 15 is 0 Å². The summed E-state index contributed by atoms with van der Waals surface area (Å²) < 4.78 is 0. The average Bonchev–Trinajstić information content (AvgIpc) is 3.28. The molecule has 0 unspecified atom stereocenters. The second-order valence-electron chi connectivity index (χ2n) is 13.1. The summed E-state index contributed by atoms with van der Waals surface area (Å²) in [5.41, 5.74) is 5.75. The minimum Gasteiger partial charge on any atom is -0.299 e. The molecule has 0 aliphatic heterocycles. The highest BCUT2D eigenvalue weighted by molar-refractivity contribution is 5.89. The minimum atomic E-state index is -0.158. The predicted octanol–water partition coefficient (Wildman–Crippen LogP) is 9.29. The molecule has 2 aromatic rings. The lowest BCUT2D eigenvalue weighted by atomic mass is 9.46. The maximum Gasteiger partial charge on any atom is 0.143 e. The Balaban J connectivity index is 1.24. The summed E-state index contributed by atoms with van der Waals surface area (Å²) in [5, 5.41) is 0. The zero-order chi connectivity index (χ0) is 25.6. The first-order chi connectivity index (χ1) is 17.9. The molecule has 4 aliphatic carbocycles. The van der Waals surface area contributed by atoms with Crippen LogP contribution in [-0.4, -0.2) is 5.78 Å². The van der Waals surface area contributed by atoms with E-state index in [-0.39, 0.29) is 5.41 Å². The smallest absolute Gasteiger partial charge is 0.143 e. The van der Waals surface area contributed by atoms with Crippen molar-refractivity contribution in [2.75, 3.05) is 0 Å². The topological polar surface area (TPSA) is 17.1 Å². The van der Waals surface area contributed by atoms with Gasteiger partial charge in [-0.15, -0.1) is 0 Å². The zero-order valence-electron chi connectivity index (χ0n) is 23.1. The lowest BCUT2D eigenvalue weighted by molar-refractivity contribution is -0.137. The molecule has 0 heterocycles. The van der Waals surface area contributed by atoms with Crippen LogP contribution in [0.3, 0.4) is 0 Å². The summed E-state index contributed by atoms with van der Waals surface area (Å²) in [7, 11) is 0. The van der Waals surface area contributed by atoms with Crippen molar-refractivity contribution in [3.63, 3.8) is 0 Å². The van der Waals surface area contributed by atoms with Crippen LogP contribution in [0.1, 0.15) is 89.7 Å². The van der Waals surface area contributed by atoms with E-state index in [2.05, 4.69) is 93.6 Å². The van der Waals surface area contributed by atoms with Crippen molar-refractivity contribution in [3.05, 3.63) is 89.5 Å². The van der Waals surface area contributed by atoms with Gasteiger partial charge in [-0.2, -0.15) is 0 Å². The van der Waals surface area contributed by atoms with Crippen molar-refractivity contribution in [2.24, 2.45) is 40.4 Å². The molecule has 3 saturated carbocycles. The lowest BCUT2D eigenvalue weighted by Gasteiger charge is -2.58. The molecule has 0 saturated heterocycles. The van der Waals surface area contributed by atoms with Gasteiger partial charge in [-0.1, -0.05) is 92.2 Å². The van der Waals surface area contributed by atoms with E-state index in [4.69, 9.17) is 0 Å². The molecule has 0 aromatic heterocycles. The highest BCUT2D eigenvalue weighted by atomic mass is 16.1. The van der Waals surface area contributed by atoms with Gasteiger partial charge in [0.05, 0.1) is 5.41 Å². The first-order valence-electron chi connectivity index (χ1n) is 15.0. The van der Waals surface area contributed by atoms with Crippen LogP contribution in [0.5, 0.6) is 0 Å². The maximum absolute atomic E-state index is 13.3. The fourth-order valence-electron chi connectivity index (χ4n) is 9.65. The number of ketones is 1. The Morgan fingerprint density at radius 2 is 1.57 bits per heavy atom. The molecule has 0 spiro atoms. The first kappa shape index (κ1) is 24.9. The van der Waals surface area contributed by atoms with Gasteiger partial charge in [0.15, 0.2) is 0 Å². The van der Waals surface area contributed by atoms with Crippen molar-refractivity contribution in [2.45, 2.75) is 78.6 Å². The number of hydrogen-bond donors (Lipinski definition) is 0. The van der Waals surface area contributed by atoms with Crippen LogP contribution < -0.4 is 0 Å². The van der Waals surface area contributed by atoms with Gasteiger partial charge >= 0.3 is 0 Å². The van der Waals surface area contributed by atoms with Gasteiger partial charge in [0.1, 0.15) is 5.78 Å². The summed E-state index contributed by atoms with van der Waals surface area (Å²) >= 11 is 0. The molecule has 0 N–H and O–H groups in total. The Labute approximate surface area is 224 Å². The van der Waals surface area contributed by atoms with Crippen LogP contribution in [0.25, 0.3) is 5.57 Å². The normalized spacial score (nSPS) is 35.5. The van der Waals surface area contributed by atoms with Gasteiger partial charge in [-0.25, -0.2) is 0 Å². The Bertz CT molecular complexity index is 1150. The largest absolute Gasteiger partial charge is 0.299 e. The molecule has 194 valence electrons. The number of fused-ring (bicyclic) bond motifs is 5. The molecular weight excluding hydrogens is 448 g/mol. The summed E-state index contributed by atoms with van der Waals surface area (Å²) in [6.45, 7) is 7.48. The Hall–Kier alpha value is -2.41. The van der Waals surface area contributed by atoms with E-state index in [9.17, 15) is 4.79 Å². The van der Waals surface area contributed by atoms with Crippen LogP contribution in [0, 0.1) is 40.4 Å². The third kappa shape index (κ3) is 4.08. The van der Waals surface area contributed by atoms with E-state index in [1.807, 2.05) is 0 Å². The van der Waals surface area contributed by atoms with Crippen LogP contribution in [0.4, 0.5) is 0 Å². The number of Topliss-reactive ketones (excluding diaryl/α,β-unsaturated/α-hetero) is 1. The first-order valence-corrected chi connectivity index (χ1v) is 15.0. The third-order valence-electron chi connectivity index (χ3n) is 11.6. The minimum absolute atomic E-state index is 0.158. The standard InChI is InChI=1S/C36H44O/c1-25(17-19-29(26-11-6-4-7-12-26)27-13-8-5-9-14-27)31-21-22-32-30-20-18-28-15-10-16-34(37)36(28,3)33(30)23-24-35(31,32)2/h4-9,11-15,19,25,30-33H,10,16-18,20-24H2,1-3H3/t25-,30+,31-,32+,33+,35-,36-/m0/s1. The summed E-state index contributed by atoms with van der Waals surface area (Å²) in [4.78, 5) is 13.3. The quantitative estimate of drug-likeness (QED) is 0.380. The molecule has 3 fully saturated rings. The van der Waals surface area contributed by atoms with Crippen LogP contribution in [-0.2, 0) is 4.79 Å². The molecular formula is C36H44O. The second kappa shape index (κ2) is 9.72. The van der Waals surface area contributed by atoms with Crippen LogP contribution >= 0.6 is 0 Å².